The molecule has 26 heavy (non-hydrogen) atoms. The molecule has 0 saturated heterocycles. The molecule has 0 aromatic heterocycles. The summed E-state index contributed by atoms with van der Waals surface area (Å²) in [7, 11) is -1.16. The van der Waals surface area contributed by atoms with Crippen LogP contribution in [0.25, 0.3) is 0 Å². The molecule has 0 aliphatic rings. The van der Waals surface area contributed by atoms with E-state index in [1.54, 1.807) is 19.6 Å². The van der Waals surface area contributed by atoms with E-state index in [-0.39, 0.29) is 19.1 Å². The van der Waals surface area contributed by atoms with Gasteiger partial charge in [-0.15, -0.1) is 0 Å². The zero-order valence-electron chi connectivity index (χ0n) is 15.0. The number of rotatable bonds is 10. The number of halogens is 3. The molecule has 1 unspecified atom stereocenters. The van der Waals surface area contributed by atoms with Gasteiger partial charge in [-0.2, -0.15) is 13.2 Å². The van der Waals surface area contributed by atoms with Crippen LogP contribution >= 0.6 is 0 Å². The second-order valence-corrected chi connectivity index (χ2v) is 10.8. The fraction of sp³-hybridized carbons (Fsp3) is 0.600. The fourth-order valence-electron chi connectivity index (χ4n) is 1.97. The van der Waals surface area contributed by atoms with Crippen molar-refractivity contribution in [1.82, 2.24) is 0 Å². The summed E-state index contributed by atoms with van der Waals surface area (Å²) in [5.41, 5.74) is -1.28. The number of benzene rings is 1. The van der Waals surface area contributed by atoms with Crippen molar-refractivity contribution in [2.24, 2.45) is 0 Å². The van der Waals surface area contributed by atoms with Crippen LogP contribution < -0.4 is 4.74 Å². The van der Waals surface area contributed by atoms with Gasteiger partial charge < -0.3 is 18.6 Å². The largest absolute Gasteiger partial charge is 0.468 e. The summed E-state index contributed by atoms with van der Waals surface area (Å²) < 4.78 is 60.8. The molecule has 0 spiro atoms. The second kappa shape index (κ2) is 9.30. The third kappa shape index (κ3) is 7.28. The molecular weight excluding hydrogens is 375 g/mol. The maximum absolute atomic E-state index is 13.5. The second-order valence-electron chi connectivity index (χ2n) is 6.29. The van der Waals surface area contributed by atoms with E-state index in [4.69, 9.17) is 18.6 Å². The zero-order chi connectivity index (χ0) is 20.0. The summed E-state index contributed by atoms with van der Waals surface area (Å²) in [5, 5.41) is 11.2. The predicted octanol–water partition coefficient (Wildman–Crippen LogP) is 4.05. The predicted molar refractivity (Wildman–Crippen MR) is 89.6 cm³/mol. The van der Waals surface area contributed by atoms with Gasteiger partial charge in [-0.25, -0.2) is 0 Å². The molecule has 0 bridgehead atoms. The van der Waals surface area contributed by atoms with E-state index in [0.29, 0.717) is 6.61 Å². The lowest BCUT2D eigenvalue weighted by atomic mass is 10.1. The molecule has 0 saturated carbocycles. The van der Waals surface area contributed by atoms with Crippen molar-refractivity contribution in [1.29, 1.82) is 0 Å². The maximum Gasteiger partial charge on any atom is 0.417 e. The van der Waals surface area contributed by atoms with Gasteiger partial charge in [0.05, 0.1) is 23.7 Å². The number of nitro groups is 1. The minimum atomic E-state index is -4.81. The van der Waals surface area contributed by atoms with Gasteiger partial charge in [0.1, 0.15) is 5.75 Å². The van der Waals surface area contributed by atoms with Gasteiger partial charge in [-0.05, 0) is 31.8 Å². The van der Waals surface area contributed by atoms with Gasteiger partial charge in [0.15, 0.2) is 21.2 Å². The highest BCUT2D eigenvalue weighted by Gasteiger charge is 2.47. The van der Waals surface area contributed by atoms with E-state index in [0.717, 1.165) is 12.1 Å². The third-order valence-electron chi connectivity index (χ3n) is 2.99. The molecule has 0 radical (unpaired) electrons. The van der Waals surface area contributed by atoms with E-state index in [1.807, 2.05) is 0 Å². The number of hydrogen-bond acceptors (Lipinski definition) is 6. The Morgan fingerprint density at radius 2 is 1.88 bits per heavy atom. The van der Waals surface area contributed by atoms with E-state index in [2.05, 4.69) is 0 Å². The molecule has 1 aromatic carbocycles. The van der Waals surface area contributed by atoms with Crippen LogP contribution in [0.4, 0.5) is 18.9 Å². The summed E-state index contributed by atoms with van der Waals surface area (Å²) in [6.45, 7) is 5.05. The summed E-state index contributed by atoms with van der Waals surface area (Å²) >= 11 is 0. The Bertz CT molecular complexity index is 606. The van der Waals surface area contributed by atoms with Gasteiger partial charge in [0.2, 0.25) is 0 Å². The molecule has 7 nitrogen and oxygen atoms in total. The first-order chi connectivity index (χ1) is 12.0. The van der Waals surface area contributed by atoms with Crippen LogP contribution in [0.15, 0.2) is 18.2 Å². The molecule has 1 aromatic rings. The average molecular weight is 397 g/mol. The van der Waals surface area contributed by atoms with E-state index in [9.17, 15) is 23.3 Å². The summed E-state index contributed by atoms with van der Waals surface area (Å²) in [6.07, 6.45) is -7.22. The minimum Gasteiger partial charge on any atom is -0.468 e. The number of alkyl halides is 3. The molecule has 148 valence electrons. The van der Waals surface area contributed by atoms with Crippen LogP contribution in [0.5, 0.6) is 5.75 Å². The Labute approximate surface area is 150 Å². The molecule has 0 fully saturated rings. The molecule has 0 amide bonds. The first-order valence-electron chi connectivity index (χ1n) is 7.68. The summed E-state index contributed by atoms with van der Waals surface area (Å²) in [4.78, 5) is 10.3. The topological polar surface area (TPSA) is 80.1 Å². The minimum absolute atomic E-state index is 0.0106. The molecular formula is C15H22F3NO6Si. The highest BCUT2D eigenvalue weighted by Crippen LogP contribution is 2.42. The van der Waals surface area contributed by atoms with E-state index < -0.39 is 36.8 Å². The molecule has 1 atom stereocenters. The maximum atomic E-state index is 13.5. The average Bonchev–Trinajstić information content (AvgIpc) is 2.50. The lowest BCUT2D eigenvalue weighted by Gasteiger charge is -2.28. The van der Waals surface area contributed by atoms with Crippen LogP contribution in [-0.4, -0.2) is 46.5 Å². The van der Waals surface area contributed by atoms with Crippen molar-refractivity contribution in [3.05, 3.63) is 33.9 Å². The lowest BCUT2D eigenvalue weighted by Crippen LogP contribution is -2.35. The summed E-state index contributed by atoms with van der Waals surface area (Å²) in [5.74, 6) is 0.0106. The van der Waals surface area contributed by atoms with Crippen molar-refractivity contribution in [3.63, 3.8) is 0 Å². The Hall–Kier alpha value is -1.69. The number of hydrogen-bond donors (Lipinski definition) is 0. The van der Waals surface area contributed by atoms with Crippen LogP contribution in [0.3, 0.4) is 0 Å². The van der Waals surface area contributed by atoms with Crippen LogP contribution in [0.1, 0.15) is 11.7 Å². The molecule has 1 rings (SSSR count). The van der Waals surface area contributed by atoms with Crippen molar-refractivity contribution in [2.75, 3.05) is 27.1 Å². The van der Waals surface area contributed by atoms with Crippen molar-refractivity contribution in [3.8, 4) is 5.75 Å². The third-order valence-corrected chi connectivity index (χ3v) is 3.93. The standard InChI is InChI=1S/C15H22F3NO6Si/c1-22-7-8-23-10-24-11-5-6-13(19(20)21)12(9-11)14(15(16,17)18)25-26(2,3)4/h5-6,9,14H,7-8,10H2,1-4H3. The first kappa shape index (κ1) is 22.3. The quantitative estimate of drug-likeness (QED) is 0.195. The fourth-order valence-corrected chi connectivity index (χ4v) is 2.94. The Morgan fingerprint density at radius 1 is 1.23 bits per heavy atom. The Morgan fingerprint density at radius 3 is 2.38 bits per heavy atom. The van der Waals surface area contributed by atoms with E-state index in [1.165, 1.54) is 13.2 Å². The first-order valence-corrected chi connectivity index (χ1v) is 11.1. The normalized spacial score (nSPS) is 13.5. The van der Waals surface area contributed by atoms with Crippen LogP contribution in [-0.2, 0) is 13.9 Å². The number of nitro benzene ring substituents is 1. The molecule has 11 heteroatoms. The van der Waals surface area contributed by atoms with Gasteiger partial charge in [-0.3, -0.25) is 10.1 Å². The van der Waals surface area contributed by atoms with Crippen molar-refractivity contribution < 1.29 is 36.7 Å². The monoisotopic (exact) mass is 397 g/mol. The number of ether oxygens (including phenoxy) is 3. The van der Waals surface area contributed by atoms with Crippen LogP contribution in [0, 0.1) is 10.1 Å². The number of methoxy groups -OCH3 is 1. The Balaban J connectivity index is 3.14. The molecule has 0 aliphatic heterocycles. The molecule has 0 aliphatic carbocycles. The SMILES string of the molecule is COCCOCOc1ccc([N+](=O)[O-])c(C(O[Si](C)(C)C)C(F)(F)F)c1. The number of nitrogens with zero attached hydrogens (tertiary/aromatic N) is 1. The molecule has 0 N–H and O–H groups in total. The summed E-state index contributed by atoms with van der Waals surface area (Å²) in [6, 6.07) is 3.14. The smallest absolute Gasteiger partial charge is 0.417 e. The van der Waals surface area contributed by atoms with Gasteiger partial charge >= 0.3 is 6.18 Å². The van der Waals surface area contributed by atoms with E-state index >= 15 is 0 Å². The van der Waals surface area contributed by atoms with Gasteiger partial charge in [-0.1, -0.05) is 0 Å². The zero-order valence-corrected chi connectivity index (χ0v) is 16.0. The Kier molecular flexibility index (Phi) is 8.00. The highest BCUT2D eigenvalue weighted by molar-refractivity contribution is 6.69. The van der Waals surface area contributed by atoms with Gasteiger partial charge in [0.25, 0.3) is 5.69 Å². The van der Waals surface area contributed by atoms with Crippen molar-refractivity contribution in [2.45, 2.75) is 31.9 Å². The van der Waals surface area contributed by atoms with Crippen molar-refractivity contribution >= 4 is 14.0 Å². The highest BCUT2D eigenvalue weighted by atomic mass is 28.4. The lowest BCUT2D eigenvalue weighted by molar-refractivity contribution is -0.387. The van der Waals surface area contributed by atoms with Crippen LogP contribution in [0.2, 0.25) is 19.6 Å². The molecule has 0 heterocycles. The van der Waals surface area contributed by atoms with Gasteiger partial charge in [0, 0.05) is 13.2 Å².